The average molecular weight is 185 g/mol. The number of nitroso groups, excluding NO2 is 1. The van der Waals surface area contributed by atoms with E-state index in [2.05, 4.69) is 5.18 Å². The molecule has 4 heteroatoms. The molecule has 1 aromatic carbocycles. The SMILES string of the molecule is Cc1c(N)cc(Cl)c(N=O)c1C. The molecule has 0 unspecified atom stereocenters. The van der Waals surface area contributed by atoms with Gasteiger partial charge in [-0.3, -0.25) is 0 Å². The lowest BCUT2D eigenvalue weighted by Gasteiger charge is -2.06. The number of nitrogens with two attached hydrogens (primary N) is 1. The monoisotopic (exact) mass is 184 g/mol. The molecule has 0 atom stereocenters. The topological polar surface area (TPSA) is 55.4 Å². The van der Waals surface area contributed by atoms with Crippen LogP contribution in [0.2, 0.25) is 5.02 Å². The molecule has 1 rings (SSSR count). The molecule has 12 heavy (non-hydrogen) atoms. The molecule has 0 aliphatic carbocycles. The summed E-state index contributed by atoms with van der Waals surface area (Å²) in [6, 6.07) is 1.54. The zero-order valence-corrected chi connectivity index (χ0v) is 7.64. The maximum Gasteiger partial charge on any atom is 0.129 e. The number of halogens is 1. The first-order chi connectivity index (χ1) is 5.57. The van der Waals surface area contributed by atoms with Crippen molar-refractivity contribution < 1.29 is 0 Å². The Morgan fingerprint density at radius 1 is 1.42 bits per heavy atom. The van der Waals surface area contributed by atoms with Gasteiger partial charge in [-0.15, -0.1) is 4.91 Å². The van der Waals surface area contributed by atoms with E-state index in [9.17, 15) is 4.91 Å². The minimum atomic E-state index is 0.281. The average Bonchev–Trinajstić information content (AvgIpc) is 2.01. The summed E-state index contributed by atoms with van der Waals surface area (Å²) in [6.07, 6.45) is 0. The van der Waals surface area contributed by atoms with Crippen molar-refractivity contribution in [2.45, 2.75) is 13.8 Å². The molecule has 0 fully saturated rings. The second-order valence-corrected chi connectivity index (χ2v) is 3.04. The van der Waals surface area contributed by atoms with Gasteiger partial charge >= 0.3 is 0 Å². The van der Waals surface area contributed by atoms with Gasteiger partial charge in [0.25, 0.3) is 0 Å². The molecule has 0 bridgehead atoms. The van der Waals surface area contributed by atoms with Crippen LogP contribution in [0.15, 0.2) is 11.2 Å². The first-order valence-electron chi connectivity index (χ1n) is 3.46. The molecule has 0 saturated heterocycles. The molecular formula is C8H9ClN2O. The van der Waals surface area contributed by atoms with E-state index in [0.29, 0.717) is 10.7 Å². The molecule has 0 saturated carbocycles. The first-order valence-corrected chi connectivity index (χ1v) is 3.84. The van der Waals surface area contributed by atoms with Crippen LogP contribution >= 0.6 is 11.6 Å². The van der Waals surface area contributed by atoms with Crippen LogP contribution in [0.1, 0.15) is 11.1 Å². The molecule has 0 heterocycles. The smallest absolute Gasteiger partial charge is 0.129 e. The number of rotatable bonds is 1. The Hall–Kier alpha value is -1.09. The largest absolute Gasteiger partial charge is 0.398 e. The van der Waals surface area contributed by atoms with Crippen molar-refractivity contribution in [2.24, 2.45) is 5.18 Å². The number of benzene rings is 1. The predicted molar refractivity (Wildman–Crippen MR) is 50.8 cm³/mol. The maximum atomic E-state index is 10.3. The quantitative estimate of drug-likeness (QED) is 0.539. The third kappa shape index (κ3) is 1.28. The molecule has 2 N–H and O–H groups in total. The second kappa shape index (κ2) is 3.11. The minimum absolute atomic E-state index is 0.281. The van der Waals surface area contributed by atoms with Crippen molar-refractivity contribution in [3.8, 4) is 0 Å². The number of hydrogen-bond donors (Lipinski definition) is 1. The molecule has 1 aromatic rings. The van der Waals surface area contributed by atoms with Gasteiger partial charge in [0, 0.05) is 5.69 Å². The number of anilines is 1. The Morgan fingerprint density at radius 3 is 2.50 bits per heavy atom. The summed E-state index contributed by atoms with van der Waals surface area (Å²) in [5.41, 5.74) is 8.09. The number of hydrogen-bond acceptors (Lipinski definition) is 3. The van der Waals surface area contributed by atoms with E-state index in [1.54, 1.807) is 13.0 Å². The van der Waals surface area contributed by atoms with Crippen molar-refractivity contribution >= 4 is 23.0 Å². The van der Waals surface area contributed by atoms with Crippen molar-refractivity contribution in [1.82, 2.24) is 0 Å². The summed E-state index contributed by atoms with van der Waals surface area (Å²) in [4.78, 5) is 10.3. The zero-order chi connectivity index (χ0) is 9.30. The van der Waals surface area contributed by atoms with Crippen LogP contribution in [0, 0.1) is 18.8 Å². The number of nitrogens with zero attached hydrogens (tertiary/aromatic N) is 1. The Balaban J connectivity index is 3.51. The maximum absolute atomic E-state index is 10.3. The Morgan fingerprint density at radius 2 is 2.00 bits per heavy atom. The van der Waals surface area contributed by atoms with E-state index < -0.39 is 0 Å². The van der Waals surface area contributed by atoms with Crippen LogP contribution in [-0.4, -0.2) is 0 Å². The van der Waals surface area contributed by atoms with E-state index >= 15 is 0 Å². The Kier molecular flexibility index (Phi) is 2.33. The molecule has 0 aromatic heterocycles. The third-order valence-corrected chi connectivity index (χ3v) is 2.24. The summed E-state index contributed by atoms with van der Waals surface area (Å²) in [5, 5.41) is 3.14. The molecule has 0 amide bonds. The molecule has 0 spiro atoms. The fourth-order valence-corrected chi connectivity index (χ4v) is 1.29. The zero-order valence-electron chi connectivity index (χ0n) is 6.89. The lowest BCUT2D eigenvalue weighted by molar-refractivity contribution is 1.31. The van der Waals surface area contributed by atoms with Gasteiger partial charge in [0.1, 0.15) is 5.69 Å². The van der Waals surface area contributed by atoms with Gasteiger partial charge in [0.2, 0.25) is 0 Å². The molecule has 64 valence electrons. The normalized spacial score (nSPS) is 9.92. The highest BCUT2D eigenvalue weighted by Crippen LogP contribution is 2.33. The Labute approximate surface area is 75.5 Å². The fourth-order valence-electron chi connectivity index (χ4n) is 0.998. The van der Waals surface area contributed by atoms with Crippen molar-refractivity contribution in [3.63, 3.8) is 0 Å². The molecule has 3 nitrogen and oxygen atoms in total. The van der Waals surface area contributed by atoms with Crippen molar-refractivity contribution in [1.29, 1.82) is 0 Å². The van der Waals surface area contributed by atoms with Gasteiger partial charge in [0.05, 0.1) is 5.02 Å². The second-order valence-electron chi connectivity index (χ2n) is 2.64. The minimum Gasteiger partial charge on any atom is -0.398 e. The highest BCUT2D eigenvalue weighted by atomic mass is 35.5. The predicted octanol–water partition coefficient (Wildman–Crippen LogP) is 2.94. The summed E-state index contributed by atoms with van der Waals surface area (Å²) in [6.45, 7) is 3.60. The Bertz CT molecular complexity index is 336. The van der Waals surface area contributed by atoms with Crippen LogP contribution in [-0.2, 0) is 0 Å². The van der Waals surface area contributed by atoms with E-state index in [-0.39, 0.29) is 5.69 Å². The third-order valence-electron chi connectivity index (χ3n) is 1.95. The van der Waals surface area contributed by atoms with Gasteiger partial charge in [-0.1, -0.05) is 11.6 Å². The highest BCUT2D eigenvalue weighted by Gasteiger charge is 2.09. The van der Waals surface area contributed by atoms with Gasteiger partial charge < -0.3 is 5.73 Å². The van der Waals surface area contributed by atoms with Crippen LogP contribution in [0.25, 0.3) is 0 Å². The van der Waals surface area contributed by atoms with Crippen molar-refractivity contribution in [3.05, 3.63) is 27.1 Å². The summed E-state index contributed by atoms with van der Waals surface area (Å²) in [5.74, 6) is 0. The fraction of sp³-hybridized carbons (Fsp3) is 0.250. The van der Waals surface area contributed by atoms with Gasteiger partial charge in [-0.2, -0.15) is 0 Å². The first kappa shape index (κ1) is 9.00. The molecule has 0 aliphatic rings. The number of nitrogen functional groups attached to an aromatic ring is 1. The van der Waals surface area contributed by atoms with Gasteiger partial charge in [-0.25, -0.2) is 0 Å². The lowest BCUT2D eigenvalue weighted by atomic mass is 10.1. The van der Waals surface area contributed by atoms with Gasteiger partial charge in [0.15, 0.2) is 0 Å². The van der Waals surface area contributed by atoms with Crippen LogP contribution in [0.5, 0.6) is 0 Å². The summed E-state index contributed by atoms with van der Waals surface area (Å²) < 4.78 is 0. The van der Waals surface area contributed by atoms with E-state index in [0.717, 1.165) is 11.1 Å². The van der Waals surface area contributed by atoms with Crippen molar-refractivity contribution in [2.75, 3.05) is 5.73 Å². The highest BCUT2D eigenvalue weighted by molar-refractivity contribution is 6.33. The van der Waals surface area contributed by atoms with E-state index in [1.165, 1.54) is 0 Å². The van der Waals surface area contributed by atoms with Crippen LogP contribution in [0.4, 0.5) is 11.4 Å². The molecule has 0 aliphatic heterocycles. The lowest BCUT2D eigenvalue weighted by Crippen LogP contribution is -1.92. The summed E-state index contributed by atoms with van der Waals surface area (Å²) >= 11 is 5.73. The summed E-state index contributed by atoms with van der Waals surface area (Å²) in [7, 11) is 0. The van der Waals surface area contributed by atoms with Crippen LogP contribution in [0.3, 0.4) is 0 Å². The van der Waals surface area contributed by atoms with Gasteiger partial charge in [-0.05, 0) is 36.2 Å². The molecular weight excluding hydrogens is 176 g/mol. The van der Waals surface area contributed by atoms with Crippen LogP contribution < -0.4 is 5.73 Å². The van der Waals surface area contributed by atoms with E-state index in [4.69, 9.17) is 17.3 Å². The standard InChI is InChI=1S/C8H9ClN2O/c1-4-5(2)8(11-12)6(9)3-7(4)10/h3H,10H2,1-2H3. The van der Waals surface area contributed by atoms with E-state index in [1.807, 2.05) is 6.92 Å². The molecule has 0 radical (unpaired) electrons.